The van der Waals surface area contributed by atoms with Crippen LogP contribution >= 0.6 is 11.6 Å². The largest absolute Gasteiger partial charge is 0.351 e. The van der Waals surface area contributed by atoms with Crippen LogP contribution in [0.25, 0.3) is 0 Å². The van der Waals surface area contributed by atoms with Crippen LogP contribution in [0.4, 0.5) is 0 Å². The Balaban J connectivity index is 1.49. The first kappa shape index (κ1) is 16.4. The van der Waals surface area contributed by atoms with Gasteiger partial charge in [-0.05, 0) is 37.0 Å². The van der Waals surface area contributed by atoms with E-state index in [1.807, 2.05) is 24.3 Å². The lowest BCUT2D eigenvalue weighted by Crippen LogP contribution is -2.55. The lowest BCUT2D eigenvalue weighted by Gasteiger charge is -2.41. The zero-order valence-electron chi connectivity index (χ0n) is 13.8. The zero-order valence-corrected chi connectivity index (χ0v) is 14.5. The number of carbonyl (C=O) groups is 3. The molecule has 0 aromatic heterocycles. The average molecular weight is 362 g/mol. The molecule has 3 fully saturated rings. The molecule has 0 radical (unpaired) electrons. The molecule has 1 aliphatic carbocycles. The Labute approximate surface area is 150 Å². The Morgan fingerprint density at radius 3 is 2.56 bits per heavy atom. The number of hydrogen-bond acceptors (Lipinski definition) is 3. The van der Waals surface area contributed by atoms with E-state index in [0.29, 0.717) is 18.0 Å². The summed E-state index contributed by atoms with van der Waals surface area (Å²) in [6.45, 7) is 0.448. The lowest BCUT2D eigenvalue weighted by atomic mass is 9.63. The second-order valence-electron chi connectivity index (χ2n) is 7.13. The molecule has 4 rings (SSSR count). The number of fused-ring (bicyclic) bond motifs is 1. The maximum Gasteiger partial charge on any atom is 0.243 e. The SMILES string of the molecule is O=C1NCC(=O)N2C[C@H](NC(=O)C3(c4ccc(Cl)cc4)CCC3)C[C@@H]12. The first-order valence-electron chi connectivity index (χ1n) is 8.64. The summed E-state index contributed by atoms with van der Waals surface area (Å²) in [6.07, 6.45) is 3.09. The minimum Gasteiger partial charge on any atom is -0.351 e. The summed E-state index contributed by atoms with van der Waals surface area (Å²) in [5, 5.41) is 6.34. The molecule has 0 unspecified atom stereocenters. The molecule has 0 bridgehead atoms. The second kappa shape index (κ2) is 6.02. The van der Waals surface area contributed by atoms with Crippen LogP contribution in [-0.4, -0.2) is 47.8 Å². The van der Waals surface area contributed by atoms with Crippen molar-refractivity contribution >= 4 is 29.3 Å². The van der Waals surface area contributed by atoms with Crippen LogP contribution in [0.2, 0.25) is 5.02 Å². The quantitative estimate of drug-likeness (QED) is 0.842. The van der Waals surface area contributed by atoms with E-state index in [0.717, 1.165) is 24.8 Å². The highest BCUT2D eigenvalue weighted by Gasteiger charge is 2.48. The van der Waals surface area contributed by atoms with E-state index >= 15 is 0 Å². The molecule has 132 valence electrons. The summed E-state index contributed by atoms with van der Waals surface area (Å²) in [4.78, 5) is 38.5. The van der Waals surface area contributed by atoms with Gasteiger partial charge in [-0.2, -0.15) is 0 Å². The molecule has 1 aromatic rings. The summed E-state index contributed by atoms with van der Waals surface area (Å²) < 4.78 is 0. The number of rotatable bonds is 3. The van der Waals surface area contributed by atoms with Crippen molar-refractivity contribution in [2.45, 2.75) is 43.2 Å². The molecule has 2 aliphatic heterocycles. The average Bonchev–Trinajstić information content (AvgIpc) is 2.97. The molecule has 3 amide bonds. The normalized spacial score (nSPS) is 27.3. The molecule has 0 spiro atoms. The zero-order chi connectivity index (χ0) is 17.6. The molecule has 25 heavy (non-hydrogen) atoms. The molecule has 3 aliphatic rings. The topological polar surface area (TPSA) is 78.5 Å². The molecule has 7 heteroatoms. The van der Waals surface area contributed by atoms with Crippen molar-refractivity contribution in [1.29, 1.82) is 0 Å². The molecule has 6 nitrogen and oxygen atoms in total. The maximum absolute atomic E-state index is 13.0. The third-order valence-electron chi connectivity index (χ3n) is 5.71. The van der Waals surface area contributed by atoms with E-state index in [-0.39, 0.29) is 30.3 Å². The first-order chi connectivity index (χ1) is 12.0. The molecule has 2 saturated heterocycles. The second-order valence-corrected chi connectivity index (χ2v) is 7.56. The van der Waals surface area contributed by atoms with Crippen molar-refractivity contribution in [1.82, 2.24) is 15.5 Å². The van der Waals surface area contributed by atoms with E-state index in [9.17, 15) is 14.4 Å². The van der Waals surface area contributed by atoms with Gasteiger partial charge in [-0.25, -0.2) is 0 Å². The minimum atomic E-state index is -0.514. The highest BCUT2D eigenvalue weighted by molar-refractivity contribution is 6.30. The highest BCUT2D eigenvalue weighted by atomic mass is 35.5. The van der Waals surface area contributed by atoms with E-state index < -0.39 is 11.5 Å². The van der Waals surface area contributed by atoms with Gasteiger partial charge in [0.05, 0.1) is 12.0 Å². The number of piperazine rings is 1. The number of nitrogens with one attached hydrogen (secondary N) is 2. The molecule has 1 saturated carbocycles. The summed E-state index contributed by atoms with van der Waals surface area (Å²) in [6, 6.07) is 6.80. The van der Waals surface area contributed by atoms with E-state index in [1.165, 1.54) is 0 Å². The number of hydrogen-bond donors (Lipinski definition) is 2. The molecule has 2 heterocycles. The minimum absolute atomic E-state index is 0.0150. The summed E-state index contributed by atoms with van der Waals surface area (Å²) >= 11 is 5.96. The van der Waals surface area contributed by atoms with Crippen LogP contribution in [0.1, 0.15) is 31.2 Å². The number of halogens is 1. The smallest absolute Gasteiger partial charge is 0.243 e. The predicted octanol–water partition coefficient (Wildman–Crippen LogP) is 0.977. The van der Waals surface area contributed by atoms with E-state index in [1.54, 1.807) is 4.90 Å². The molecular formula is C18H20ClN3O3. The van der Waals surface area contributed by atoms with Crippen LogP contribution < -0.4 is 10.6 Å². The fourth-order valence-electron chi connectivity index (χ4n) is 4.12. The van der Waals surface area contributed by atoms with Gasteiger partial charge in [0, 0.05) is 17.6 Å². The Kier molecular flexibility index (Phi) is 3.95. The van der Waals surface area contributed by atoms with Crippen LogP contribution in [0.3, 0.4) is 0 Å². The van der Waals surface area contributed by atoms with Gasteiger partial charge >= 0.3 is 0 Å². The van der Waals surface area contributed by atoms with Gasteiger partial charge in [0.2, 0.25) is 17.7 Å². The summed E-state index contributed by atoms with van der Waals surface area (Å²) in [5.41, 5.74) is 0.463. The van der Waals surface area contributed by atoms with Crippen molar-refractivity contribution in [3.8, 4) is 0 Å². The Hall–Kier alpha value is -2.08. The molecule has 2 N–H and O–H groups in total. The first-order valence-corrected chi connectivity index (χ1v) is 9.02. The van der Waals surface area contributed by atoms with Crippen molar-refractivity contribution in [3.05, 3.63) is 34.9 Å². The third kappa shape index (κ3) is 2.68. The van der Waals surface area contributed by atoms with E-state index in [2.05, 4.69) is 10.6 Å². The van der Waals surface area contributed by atoms with Crippen LogP contribution in [0.5, 0.6) is 0 Å². The van der Waals surface area contributed by atoms with Gasteiger partial charge in [0.25, 0.3) is 0 Å². The predicted molar refractivity (Wildman–Crippen MR) is 92.0 cm³/mol. The van der Waals surface area contributed by atoms with Gasteiger partial charge < -0.3 is 15.5 Å². The van der Waals surface area contributed by atoms with Crippen molar-refractivity contribution in [2.24, 2.45) is 0 Å². The monoisotopic (exact) mass is 361 g/mol. The standard InChI is InChI=1S/C18H20ClN3O3/c19-12-4-2-11(3-5-12)18(6-1-7-18)17(25)21-13-8-14-16(24)20-9-15(23)22(14)10-13/h2-5,13-14H,1,6-10H2,(H,20,24)(H,21,25)/t13-,14+/m1/s1. The fourth-order valence-corrected chi connectivity index (χ4v) is 4.24. The molecular weight excluding hydrogens is 342 g/mol. The summed E-state index contributed by atoms with van der Waals surface area (Å²) in [5.74, 6) is -0.233. The third-order valence-corrected chi connectivity index (χ3v) is 5.96. The number of nitrogens with zero attached hydrogens (tertiary/aromatic N) is 1. The number of benzene rings is 1. The Morgan fingerprint density at radius 2 is 1.96 bits per heavy atom. The van der Waals surface area contributed by atoms with Crippen LogP contribution in [0.15, 0.2) is 24.3 Å². The fraction of sp³-hybridized carbons (Fsp3) is 0.500. The lowest BCUT2D eigenvalue weighted by molar-refractivity contribution is -0.143. The van der Waals surface area contributed by atoms with Gasteiger partial charge in [0.1, 0.15) is 6.04 Å². The highest BCUT2D eigenvalue weighted by Crippen LogP contribution is 2.44. The van der Waals surface area contributed by atoms with Crippen molar-refractivity contribution < 1.29 is 14.4 Å². The van der Waals surface area contributed by atoms with Crippen molar-refractivity contribution in [2.75, 3.05) is 13.1 Å². The number of carbonyl (C=O) groups excluding carboxylic acids is 3. The van der Waals surface area contributed by atoms with Crippen LogP contribution in [0, 0.1) is 0 Å². The van der Waals surface area contributed by atoms with Gasteiger partial charge in [-0.1, -0.05) is 30.2 Å². The van der Waals surface area contributed by atoms with Crippen molar-refractivity contribution in [3.63, 3.8) is 0 Å². The maximum atomic E-state index is 13.0. The van der Waals surface area contributed by atoms with Gasteiger partial charge in [-0.15, -0.1) is 0 Å². The van der Waals surface area contributed by atoms with E-state index in [4.69, 9.17) is 11.6 Å². The molecule has 2 atom stereocenters. The van der Waals surface area contributed by atoms with Gasteiger partial charge in [0.15, 0.2) is 0 Å². The molecule has 1 aromatic carbocycles. The van der Waals surface area contributed by atoms with Gasteiger partial charge in [-0.3, -0.25) is 14.4 Å². The Bertz CT molecular complexity index is 706. The number of amides is 3. The summed E-state index contributed by atoms with van der Waals surface area (Å²) in [7, 11) is 0. The van der Waals surface area contributed by atoms with Crippen LogP contribution in [-0.2, 0) is 19.8 Å². The Morgan fingerprint density at radius 1 is 1.24 bits per heavy atom.